The highest BCUT2D eigenvalue weighted by atomic mass is 127. The zero-order valence-electron chi connectivity index (χ0n) is 12.5. The molecule has 0 heterocycles. The molecular formula is C16H14I3NO4. The summed E-state index contributed by atoms with van der Waals surface area (Å²) < 4.78 is 8.44. The SMILES string of the molecule is Cc1cc(Oc2c(I)cc(C[C@H](N)C(=O)O)cc2I)cc(I)c1O. The predicted molar refractivity (Wildman–Crippen MR) is 117 cm³/mol. The van der Waals surface area contributed by atoms with E-state index in [9.17, 15) is 9.90 Å². The Balaban J connectivity index is 2.30. The van der Waals surface area contributed by atoms with E-state index in [2.05, 4.69) is 67.8 Å². The van der Waals surface area contributed by atoms with Crippen LogP contribution in [0.2, 0.25) is 0 Å². The first kappa shape index (κ1) is 20.0. The lowest BCUT2D eigenvalue weighted by atomic mass is 10.1. The van der Waals surface area contributed by atoms with Gasteiger partial charge in [0.15, 0.2) is 5.75 Å². The zero-order chi connectivity index (χ0) is 18.0. The second kappa shape index (κ2) is 8.36. The van der Waals surface area contributed by atoms with Gasteiger partial charge in [0.05, 0.1) is 10.7 Å². The first-order valence-electron chi connectivity index (χ1n) is 6.82. The van der Waals surface area contributed by atoms with Gasteiger partial charge in [0.1, 0.15) is 17.5 Å². The molecule has 2 aromatic rings. The van der Waals surface area contributed by atoms with E-state index in [-0.39, 0.29) is 12.2 Å². The molecule has 0 bridgehead atoms. The number of aromatic hydroxyl groups is 1. The van der Waals surface area contributed by atoms with Crippen LogP contribution in [0.4, 0.5) is 0 Å². The van der Waals surface area contributed by atoms with E-state index >= 15 is 0 Å². The lowest BCUT2D eigenvalue weighted by Gasteiger charge is -2.14. The van der Waals surface area contributed by atoms with Crippen LogP contribution in [0.1, 0.15) is 11.1 Å². The number of hydrogen-bond donors (Lipinski definition) is 3. The Morgan fingerprint density at radius 1 is 1.17 bits per heavy atom. The number of phenols is 1. The fourth-order valence-electron chi connectivity index (χ4n) is 2.05. The predicted octanol–water partition coefficient (Wildman–Crippen LogP) is 4.26. The van der Waals surface area contributed by atoms with Crippen molar-refractivity contribution in [1.82, 2.24) is 0 Å². The van der Waals surface area contributed by atoms with Crippen molar-refractivity contribution in [2.45, 2.75) is 19.4 Å². The molecule has 0 aliphatic carbocycles. The third-order valence-corrected chi connectivity index (χ3v) is 5.70. The van der Waals surface area contributed by atoms with Crippen LogP contribution in [0.3, 0.4) is 0 Å². The highest BCUT2D eigenvalue weighted by molar-refractivity contribution is 14.1. The molecule has 0 spiro atoms. The number of ether oxygens (including phenoxy) is 1. The Kier molecular flexibility index (Phi) is 6.96. The number of carboxylic acids is 1. The van der Waals surface area contributed by atoms with E-state index in [1.807, 2.05) is 19.1 Å². The fourth-order valence-corrected chi connectivity index (χ4v) is 4.90. The summed E-state index contributed by atoms with van der Waals surface area (Å²) in [6.07, 6.45) is 0.262. The first-order chi connectivity index (χ1) is 11.2. The molecule has 0 aromatic heterocycles. The van der Waals surface area contributed by atoms with Gasteiger partial charge in [0, 0.05) is 0 Å². The number of aryl methyl sites for hydroxylation is 1. The normalized spacial score (nSPS) is 12.0. The number of rotatable bonds is 5. The van der Waals surface area contributed by atoms with Crippen LogP contribution in [0.25, 0.3) is 0 Å². The van der Waals surface area contributed by atoms with Gasteiger partial charge in [-0.15, -0.1) is 0 Å². The van der Waals surface area contributed by atoms with Gasteiger partial charge in [0.2, 0.25) is 0 Å². The summed E-state index contributed by atoms with van der Waals surface area (Å²) in [5.41, 5.74) is 7.19. The maximum atomic E-state index is 10.9. The Hall–Kier alpha value is -0.340. The summed E-state index contributed by atoms with van der Waals surface area (Å²) in [6.45, 7) is 1.82. The number of hydrogen-bond acceptors (Lipinski definition) is 4. The third kappa shape index (κ3) is 4.85. The van der Waals surface area contributed by atoms with Gasteiger partial charge in [-0.2, -0.15) is 0 Å². The van der Waals surface area contributed by atoms with Crippen LogP contribution in [0.5, 0.6) is 17.2 Å². The lowest BCUT2D eigenvalue weighted by molar-refractivity contribution is -0.138. The van der Waals surface area contributed by atoms with E-state index < -0.39 is 12.0 Å². The Morgan fingerprint density at radius 3 is 2.25 bits per heavy atom. The van der Waals surface area contributed by atoms with E-state index in [1.165, 1.54) is 0 Å². The number of aliphatic carboxylic acids is 1. The molecule has 0 saturated heterocycles. The summed E-state index contributed by atoms with van der Waals surface area (Å²) in [6, 6.07) is 6.36. The molecule has 1 atom stereocenters. The second-order valence-corrected chi connectivity index (χ2v) is 8.70. The molecule has 0 fully saturated rings. The quantitative estimate of drug-likeness (QED) is 0.416. The van der Waals surface area contributed by atoms with E-state index in [1.54, 1.807) is 12.1 Å². The van der Waals surface area contributed by atoms with Crippen molar-refractivity contribution in [2.75, 3.05) is 0 Å². The van der Waals surface area contributed by atoms with Crippen molar-refractivity contribution in [3.63, 3.8) is 0 Å². The monoisotopic (exact) mass is 665 g/mol. The van der Waals surface area contributed by atoms with Crippen LogP contribution < -0.4 is 10.5 Å². The van der Waals surface area contributed by atoms with Gasteiger partial charge in [-0.25, -0.2) is 0 Å². The number of nitrogens with two attached hydrogens (primary N) is 1. The highest BCUT2D eigenvalue weighted by Gasteiger charge is 2.16. The molecule has 0 saturated carbocycles. The average Bonchev–Trinajstić information content (AvgIpc) is 2.48. The molecule has 4 N–H and O–H groups in total. The molecule has 128 valence electrons. The minimum Gasteiger partial charge on any atom is -0.507 e. The molecule has 24 heavy (non-hydrogen) atoms. The van der Waals surface area contributed by atoms with E-state index in [0.717, 1.165) is 21.8 Å². The maximum Gasteiger partial charge on any atom is 0.320 e. The molecular weight excluding hydrogens is 651 g/mol. The van der Waals surface area contributed by atoms with Crippen LogP contribution >= 0.6 is 67.8 Å². The van der Waals surface area contributed by atoms with Crippen LogP contribution in [-0.4, -0.2) is 22.2 Å². The first-order valence-corrected chi connectivity index (χ1v) is 10.1. The van der Waals surface area contributed by atoms with Gasteiger partial charge in [-0.1, -0.05) is 0 Å². The smallest absolute Gasteiger partial charge is 0.320 e. The van der Waals surface area contributed by atoms with E-state index in [4.69, 9.17) is 15.6 Å². The summed E-state index contributed by atoms with van der Waals surface area (Å²) in [7, 11) is 0. The molecule has 5 nitrogen and oxygen atoms in total. The highest BCUT2D eigenvalue weighted by Crippen LogP contribution is 2.36. The van der Waals surface area contributed by atoms with Crippen LogP contribution in [-0.2, 0) is 11.2 Å². The molecule has 2 aromatic carbocycles. The molecule has 0 unspecified atom stereocenters. The van der Waals surface area contributed by atoms with Gasteiger partial charge in [-0.05, 0) is 117 Å². The molecule has 8 heteroatoms. The Bertz CT molecular complexity index is 749. The van der Waals surface area contributed by atoms with E-state index in [0.29, 0.717) is 11.5 Å². The van der Waals surface area contributed by atoms with Crippen LogP contribution in [0, 0.1) is 17.6 Å². The standard InChI is InChI=1S/C16H14I3NO4/c1-7-2-9(6-10(17)14(7)21)24-15-11(18)3-8(4-12(15)19)5-13(20)16(22)23/h2-4,6,13,21H,5,20H2,1H3,(H,22,23)/t13-/m0/s1. The Labute approximate surface area is 180 Å². The largest absolute Gasteiger partial charge is 0.507 e. The molecule has 0 radical (unpaired) electrons. The van der Waals surface area contributed by atoms with Crippen molar-refractivity contribution < 1.29 is 19.7 Å². The lowest BCUT2D eigenvalue weighted by Crippen LogP contribution is -2.32. The van der Waals surface area contributed by atoms with Crippen molar-refractivity contribution >= 4 is 73.7 Å². The number of carboxylic acid groups (broad SMARTS) is 1. The molecule has 0 aliphatic rings. The van der Waals surface area contributed by atoms with Gasteiger partial charge in [0.25, 0.3) is 0 Å². The van der Waals surface area contributed by atoms with Crippen LogP contribution in [0.15, 0.2) is 24.3 Å². The zero-order valence-corrected chi connectivity index (χ0v) is 19.0. The number of halogens is 3. The third-order valence-electron chi connectivity index (χ3n) is 3.28. The minimum absolute atomic E-state index is 0.255. The number of benzene rings is 2. The van der Waals surface area contributed by atoms with Gasteiger partial charge in [-0.3, -0.25) is 4.79 Å². The Morgan fingerprint density at radius 2 is 1.75 bits per heavy atom. The second-order valence-electron chi connectivity index (χ2n) is 5.21. The van der Waals surface area contributed by atoms with Crippen molar-refractivity contribution in [1.29, 1.82) is 0 Å². The van der Waals surface area contributed by atoms with Crippen molar-refractivity contribution in [3.8, 4) is 17.2 Å². The number of carbonyl (C=O) groups is 1. The summed E-state index contributed by atoms with van der Waals surface area (Å²) in [5, 5.41) is 18.8. The summed E-state index contributed by atoms with van der Waals surface area (Å²) in [4.78, 5) is 10.9. The van der Waals surface area contributed by atoms with Gasteiger partial charge >= 0.3 is 5.97 Å². The molecule has 0 amide bonds. The van der Waals surface area contributed by atoms with Gasteiger partial charge < -0.3 is 20.7 Å². The topological polar surface area (TPSA) is 92.8 Å². The maximum absolute atomic E-state index is 10.9. The summed E-state index contributed by atoms with van der Waals surface area (Å²) in [5.74, 6) is 0.574. The number of phenolic OH excluding ortho intramolecular Hbond substituents is 1. The fraction of sp³-hybridized carbons (Fsp3) is 0.188. The average molecular weight is 665 g/mol. The molecule has 0 aliphatic heterocycles. The summed E-state index contributed by atoms with van der Waals surface area (Å²) >= 11 is 6.37. The molecule has 2 rings (SSSR count). The van der Waals surface area contributed by atoms with Crippen molar-refractivity contribution in [2.24, 2.45) is 5.73 Å². The minimum atomic E-state index is -1.02. The van der Waals surface area contributed by atoms with Crippen molar-refractivity contribution in [3.05, 3.63) is 46.1 Å².